The molecule has 0 fully saturated rings. The van der Waals surface area contributed by atoms with Gasteiger partial charge >= 0.3 is 0 Å². The maximum atomic E-state index is 11.5. The van der Waals surface area contributed by atoms with Crippen molar-refractivity contribution >= 4 is 11.6 Å². The van der Waals surface area contributed by atoms with Crippen molar-refractivity contribution < 1.29 is 14.3 Å². The highest BCUT2D eigenvalue weighted by molar-refractivity contribution is 5.93. The van der Waals surface area contributed by atoms with Gasteiger partial charge in [-0.25, -0.2) is 0 Å². The van der Waals surface area contributed by atoms with Gasteiger partial charge < -0.3 is 20.1 Å². The number of carbonyl (C=O) groups is 1. The molecule has 3 rings (SSSR count). The number of nitrogens with two attached hydrogens (primary N) is 1. The third-order valence-corrected chi connectivity index (χ3v) is 4.39. The molecule has 0 aliphatic carbocycles. The molecule has 1 aliphatic heterocycles. The van der Waals surface area contributed by atoms with Gasteiger partial charge in [-0.3, -0.25) is 4.79 Å². The number of likely N-dealkylation sites (N-methyl/N-ethyl adjacent to an activating group) is 1. The van der Waals surface area contributed by atoms with Gasteiger partial charge in [0.05, 0.1) is 19.8 Å². The molecule has 5 heteroatoms. The summed E-state index contributed by atoms with van der Waals surface area (Å²) in [4.78, 5) is 13.7. The molecule has 0 radical (unpaired) electrons. The van der Waals surface area contributed by atoms with Crippen LogP contribution in [-0.4, -0.2) is 33.2 Å². The molecule has 0 aromatic heterocycles. The third kappa shape index (κ3) is 3.36. The van der Waals surface area contributed by atoms with E-state index in [4.69, 9.17) is 15.2 Å². The predicted octanol–water partition coefficient (Wildman–Crippen LogP) is 2.54. The standard InChI is InChI=1S/C19H22N2O3/c1-21-8-9-24-18(13-4-3-5-16(11-13)23-2)12-15-10-14(19(20)22)6-7-17(15)21/h3-7,10-11,18H,8-9,12H2,1-2H3,(H2,20,22)/t18-/m0/s1. The van der Waals surface area contributed by atoms with E-state index >= 15 is 0 Å². The topological polar surface area (TPSA) is 64.8 Å². The van der Waals surface area contributed by atoms with Crippen molar-refractivity contribution in [3.05, 3.63) is 59.2 Å². The second-order valence-electron chi connectivity index (χ2n) is 5.97. The molecule has 24 heavy (non-hydrogen) atoms. The number of rotatable bonds is 3. The molecule has 1 heterocycles. The number of amides is 1. The van der Waals surface area contributed by atoms with Crippen molar-refractivity contribution in [2.24, 2.45) is 5.73 Å². The highest BCUT2D eigenvalue weighted by atomic mass is 16.5. The van der Waals surface area contributed by atoms with E-state index in [2.05, 4.69) is 4.90 Å². The Kier molecular flexibility index (Phi) is 4.71. The summed E-state index contributed by atoms with van der Waals surface area (Å²) in [6.45, 7) is 1.42. The second kappa shape index (κ2) is 6.93. The minimum atomic E-state index is -0.415. The third-order valence-electron chi connectivity index (χ3n) is 4.39. The van der Waals surface area contributed by atoms with Gasteiger partial charge in [0, 0.05) is 31.3 Å². The van der Waals surface area contributed by atoms with Gasteiger partial charge in [-0.1, -0.05) is 12.1 Å². The lowest BCUT2D eigenvalue weighted by Crippen LogP contribution is -2.28. The predicted molar refractivity (Wildman–Crippen MR) is 93.6 cm³/mol. The lowest BCUT2D eigenvalue weighted by atomic mass is 9.97. The number of primary amides is 1. The molecule has 1 atom stereocenters. The van der Waals surface area contributed by atoms with Gasteiger partial charge in [-0.15, -0.1) is 0 Å². The molecule has 0 saturated heterocycles. The number of ether oxygens (including phenoxy) is 2. The van der Waals surface area contributed by atoms with E-state index in [-0.39, 0.29) is 6.10 Å². The van der Waals surface area contributed by atoms with Gasteiger partial charge in [0.2, 0.25) is 5.91 Å². The van der Waals surface area contributed by atoms with Crippen molar-refractivity contribution in [2.45, 2.75) is 12.5 Å². The molecule has 5 nitrogen and oxygen atoms in total. The minimum Gasteiger partial charge on any atom is -0.497 e. The van der Waals surface area contributed by atoms with Crippen LogP contribution in [0.25, 0.3) is 0 Å². The number of hydrogen-bond acceptors (Lipinski definition) is 4. The Labute approximate surface area is 142 Å². The first-order valence-corrected chi connectivity index (χ1v) is 7.98. The normalized spacial score (nSPS) is 17.6. The number of carbonyl (C=O) groups excluding carboxylic acids is 1. The van der Waals surface area contributed by atoms with Crippen LogP contribution >= 0.6 is 0 Å². The summed E-state index contributed by atoms with van der Waals surface area (Å²) in [7, 11) is 3.68. The largest absolute Gasteiger partial charge is 0.497 e. The van der Waals surface area contributed by atoms with E-state index in [1.807, 2.05) is 43.4 Å². The van der Waals surface area contributed by atoms with Gasteiger partial charge in [0.15, 0.2) is 0 Å². The van der Waals surface area contributed by atoms with Crippen molar-refractivity contribution in [1.82, 2.24) is 0 Å². The summed E-state index contributed by atoms with van der Waals surface area (Å²) in [5, 5.41) is 0. The Hall–Kier alpha value is -2.53. The van der Waals surface area contributed by atoms with E-state index in [1.54, 1.807) is 13.2 Å². The van der Waals surface area contributed by atoms with Crippen molar-refractivity contribution in [1.29, 1.82) is 0 Å². The van der Waals surface area contributed by atoms with Crippen LogP contribution in [-0.2, 0) is 11.2 Å². The maximum Gasteiger partial charge on any atom is 0.248 e. The monoisotopic (exact) mass is 326 g/mol. The average molecular weight is 326 g/mol. The molecular weight excluding hydrogens is 304 g/mol. The zero-order chi connectivity index (χ0) is 17.1. The summed E-state index contributed by atoms with van der Waals surface area (Å²) in [5.41, 5.74) is 9.18. The van der Waals surface area contributed by atoms with Crippen molar-refractivity contribution in [3.8, 4) is 5.75 Å². The Morgan fingerprint density at radius 2 is 2.12 bits per heavy atom. The Bertz CT molecular complexity index is 745. The number of anilines is 1. The summed E-state index contributed by atoms with van der Waals surface area (Å²) in [6.07, 6.45) is 0.587. The van der Waals surface area contributed by atoms with E-state index < -0.39 is 5.91 Å². The zero-order valence-electron chi connectivity index (χ0n) is 14.0. The first-order chi connectivity index (χ1) is 11.6. The first-order valence-electron chi connectivity index (χ1n) is 7.98. The van der Waals surface area contributed by atoms with E-state index in [1.165, 1.54) is 0 Å². The first kappa shape index (κ1) is 16.3. The fraction of sp³-hybridized carbons (Fsp3) is 0.316. The Morgan fingerprint density at radius 3 is 2.88 bits per heavy atom. The summed E-state index contributed by atoms with van der Waals surface area (Å²) in [6, 6.07) is 13.5. The van der Waals surface area contributed by atoms with Crippen LogP contribution in [0.2, 0.25) is 0 Å². The van der Waals surface area contributed by atoms with Gasteiger partial charge in [0.25, 0.3) is 0 Å². The van der Waals surface area contributed by atoms with Crippen molar-refractivity contribution in [3.63, 3.8) is 0 Å². The van der Waals surface area contributed by atoms with Crippen LogP contribution in [0, 0.1) is 0 Å². The SMILES string of the molecule is COc1cccc([C@@H]2Cc3cc(C(N)=O)ccc3N(C)CCO2)c1. The number of benzene rings is 2. The highest BCUT2D eigenvalue weighted by Crippen LogP contribution is 2.32. The van der Waals surface area contributed by atoms with Crippen molar-refractivity contribution in [2.75, 3.05) is 32.2 Å². The van der Waals surface area contributed by atoms with Gasteiger partial charge in [-0.05, 0) is 41.5 Å². The summed E-state index contributed by atoms with van der Waals surface area (Å²) < 4.78 is 11.4. The number of fused-ring (bicyclic) bond motifs is 1. The fourth-order valence-corrected chi connectivity index (χ4v) is 3.04. The highest BCUT2D eigenvalue weighted by Gasteiger charge is 2.21. The zero-order valence-corrected chi connectivity index (χ0v) is 14.0. The van der Waals surface area contributed by atoms with Crippen LogP contribution in [0.1, 0.15) is 27.6 Å². The van der Waals surface area contributed by atoms with Crippen LogP contribution in [0.4, 0.5) is 5.69 Å². The summed E-state index contributed by atoms with van der Waals surface area (Å²) >= 11 is 0. The molecule has 1 aliphatic rings. The molecular formula is C19H22N2O3. The van der Waals surface area contributed by atoms with E-state index in [9.17, 15) is 4.79 Å². The second-order valence-corrected chi connectivity index (χ2v) is 5.97. The van der Waals surface area contributed by atoms with E-state index in [0.717, 1.165) is 29.1 Å². The summed E-state index contributed by atoms with van der Waals surface area (Å²) in [5.74, 6) is 0.391. The smallest absolute Gasteiger partial charge is 0.248 e. The molecule has 126 valence electrons. The van der Waals surface area contributed by atoms with Crippen LogP contribution in [0.5, 0.6) is 5.75 Å². The van der Waals surface area contributed by atoms with Gasteiger partial charge in [-0.2, -0.15) is 0 Å². The van der Waals surface area contributed by atoms with Crippen LogP contribution in [0.15, 0.2) is 42.5 Å². The van der Waals surface area contributed by atoms with E-state index in [0.29, 0.717) is 18.6 Å². The lowest BCUT2D eigenvalue weighted by Gasteiger charge is -2.29. The quantitative estimate of drug-likeness (QED) is 0.941. The molecule has 0 saturated carbocycles. The molecule has 1 amide bonds. The molecule has 2 N–H and O–H groups in total. The van der Waals surface area contributed by atoms with Gasteiger partial charge in [0.1, 0.15) is 5.75 Å². The maximum absolute atomic E-state index is 11.5. The Balaban J connectivity index is 1.98. The molecule has 0 bridgehead atoms. The molecule has 2 aromatic carbocycles. The number of hydrogen-bond donors (Lipinski definition) is 1. The molecule has 0 spiro atoms. The molecule has 2 aromatic rings. The minimum absolute atomic E-state index is 0.0873. The molecule has 0 unspecified atom stereocenters. The fourth-order valence-electron chi connectivity index (χ4n) is 3.04. The lowest BCUT2D eigenvalue weighted by molar-refractivity contribution is 0.0558. The Morgan fingerprint density at radius 1 is 1.29 bits per heavy atom. The van der Waals surface area contributed by atoms with Crippen LogP contribution in [0.3, 0.4) is 0 Å². The average Bonchev–Trinajstić information content (AvgIpc) is 2.59. The number of methoxy groups -OCH3 is 1. The number of nitrogens with zero attached hydrogens (tertiary/aromatic N) is 1. The van der Waals surface area contributed by atoms with Crippen LogP contribution < -0.4 is 15.4 Å².